The average Bonchev–Trinajstić information content (AvgIpc) is 3.45. The van der Waals surface area contributed by atoms with E-state index in [4.69, 9.17) is 4.74 Å². The Morgan fingerprint density at radius 2 is 2.00 bits per heavy atom. The van der Waals surface area contributed by atoms with Gasteiger partial charge in [-0.05, 0) is 48.9 Å². The van der Waals surface area contributed by atoms with Crippen molar-refractivity contribution in [2.24, 2.45) is 5.92 Å². The number of pyridine rings is 1. The van der Waals surface area contributed by atoms with Crippen LogP contribution >= 0.6 is 0 Å². The number of nitrogens with zero attached hydrogens (tertiary/aromatic N) is 2. The molecule has 7 heteroatoms. The van der Waals surface area contributed by atoms with Gasteiger partial charge in [0.25, 0.3) is 5.91 Å². The fraction of sp³-hybridized carbons (Fsp3) is 0.269. The molecule has 1 saturated heterocycles. The van der Waals surface area contributed by atoms with Gasteiger partial charge >= 0.3 is 5.97 Å². The van der Waals surface area contributed by atoms with Crippen molar-refractivity contribution >= 4 is 33.7 Å². The zero-order valence-corrected chi connectivity index (χ0v) is 18.7. The van der Waals surface area contributed by atoms with Gasteiger partial charge in [0.1, 0.15) is 0 Å². The highest BCUT2D eigenvalue weighted by Gasteiger charge is 2.34. The SMILES string of the molecule is COC(=O)C1CNCC1NC(=O)c1ccc2c(ccn2Cc2cc(C)nc3ccccc23)c1. The summed E-state index contributed by atoms with van der Waals surface area (Å²) in [7, 11) is 1.37. The molecule has 0 saturated carbocycles. The molecule has 168 valence electrons. The molecule has 2 atom stereocenters. The number of aromatic nitrogens is 2. The van der Waals surface area contributed by atoms with Crippen molar-refractivity contribution in [2.75, 3.05) is 20.2 Å². The Bertz CT molecular complexity index is 1360. The largest absolute Gasteiger partial charge is 0.469 e. The number of ether oxygens (including phenoxy) is 1. The Kier molecular flexibility index (Phi) is 5.56. The molecule has 2 aromatic heterocycles. The molecule has 4 aromatic rings. The van der Waals surface area contributed by atoms with Crippen LogP contribution in [0.2, 0.25) is 0 Å². The van der Waals surface area contributed by atoms with Crippen molar-refractivity contribution in [2.45, 2.75) is 19.5 Å². The number of fused-ring (bicyclic) bond motifs is 2. The van der Waals surface area contributed by atoms with Crippen LogP contribution in [0.5, 0.6) is 0 Å². The Morgan fingerprint density at radius 1 is 1.15 bits per heavy atom. The molecule has 0 radical (unpaired) electrons. The number of methoxy groups -OCH3 is 1. The summed E-state index contributed by atoms with van der Waals surface area (Å²) in [5.41, 5.74) is 4.82. The van der Waals surface area contributed by atoms with Crippen molar-refractivity contribution in [3.05, 3.63) is 77.6 Å². The highest BCUT2D eigenvalue weighted by molar-refractivity contribution is 5.98. The van der Waals surface area contributed by atoms with Gasteiger partial charge in [-0.1, -0.05) is 18.2 Å². The molecule has 7 nitrogen and oxygen atoms in total. The van der Waals surface area contributed by atoms with E-state index in [9.17, 15) is 9.59 Å². The number of benzene rings is 2. The van der Waals surface area contributed by atoms with Crippen molar-refractivity contribution < 1.29 is 14.3 Å². The maximum absolute atomic E-state index is 12.9. The van der Waals surface area contributed by atoms with Crippen LogP contribution in [0.25, 0.3) is 21.8 Å². The minimum absolute atomic E-state index is 0.192. The molecule has 3 heterocycles. The zero-order chi connectivity index (χ0) is 22.9. The Balaban J connectivity index is 1.38. The fourth-order valence-electron chi connectivity index (χ4n) is 4.67. The van der Waals surface area contributed by atoms with E-state index in [1.54, 1.807) is 0 Å². The van der Waals surface area contributed by atoms with Crippen LogP contribution in [0, 0.1) is 12.8 Å². The minimum atomic E-state index is -0.373. The molecule has 1 aliphatic rings. The second-order valence-corrected chi connectivity index (χ2v) is 8.52. The van der Waals surface area contributed by atoms with Gasteiger partial charge in [0.05, 0.1) is 24.6 Å². The van der Waals surface area contributed by atoms with E-state index in [0.717, 1.165) is 27.5 Å². The predicted octanol–water partition coefficient (Wildman–Crippen LogP) is 3.04. The second kappa shape index (κ2) is 8.67. The van der Waals surface area contributed by atoms with Gasteiger partial charge in [0.2, 0.25) is 0 Å². The van der Waals surface area contributed by atoms with Crippen LogP contribution < -0.4 is 10.6 Å². The first-order valence-electron chi connectivity index (χ1n) is 11.1. The first-order valence-corrected chi connectivity index (χ1v) is 11.1. The van der Waals surface area contributed by atoms with E-state index < -0.39 is 0 Å². The summed E-state index contributed by atoms with van der Waals surface area (Å²) in [5.74, 6) is -0.873. The molecular formula is C26H26N4O3. The number of para-hydroxylation sites is 1. The fourth-order valence-corrected chi connectivity index (χ4v) is 4.67. The number of nitrogens with one attached hydrogen (secondary N) is 2. The number of hydrogen-bond donors (Lipinski definition) is 2. The summed E-state index contributed by atoms with van der Waals surface area (Å²) in [6.45, 7) is 3.78. The average molecular weight is 443 g/mol. The molecule has 2 N–H and O–H groups in total. The summed E-state index contributed by atoms with van der Waals surface area (Å²) >= 11 is 0. The van der Waals surface area contributed by atoms with Crippen LogP contribution in [0.1, 0.15) is 21.6 Å². The lowest BCUT2D eigenvalue weighted by Crippen LogP contribution is -2.43. The summed E-state index contributed by atoms with van der Waals surface area (Å²) < 4.78 is 7.05. The van der Waals surface area contributed by atoms with Gasteiger partial charge in [-0.3, -0.25) is 14.6 Å². The Labute approximate surface area is 191 Å². The normalized spacial score (nSPS) is 18.0. The maximum atomic E-state index is 12.9. The Morgan fingerprint density at radius 3 is 2.85 bits per heavy atom. The van der Waals surface area contributed by atoms with Crippen LogP contribution in [0.15, 0.2) is 60.8 Å². The molecule has 0 spiro atoms. The van der Waals surface area contributed by atoms with Crippen molar-refractivity contribution in [3.8, 4) is 0 Å². The highest BCUT2D eigenvalue weighted by Crippen LogP contribution is 2.23. The van der Waals surface area contributed by atoms with Crippen LogP contribution in [-0.2, 0) is 16.1 Å². The van der Waals surface area contributed by atoms with Crippen LogP contribution in [0.4, 0.5) is 0 Å². The quantitative estimate of drug-likeness (QED) is 0.464. The lowest BCUT2D eigenvalue weighted by molar-refractivity contribution is -0.145. The maximum Gasteiger partial charge on any atom is 0.312 e. The number of carbonyl (C=O) groups is 2. The van der Waals surface area contributed by atoms with Crippen molar-refractivity contribution in [1.29, 1.82) is 0 Å². The molecule has 5 rings (SSSR count). The van der Waals surface area contributed by atoms with Gasteiger partial charge in [-0.2, -0.15) is 0 Å². The van der Waals surface area contributed by atoms with E-state index in [2.05, 4.69) is 32.3 Å². The topological polar surface area (TPSA) is 85.3 Å². The summed E-state index contributed by atoms with van der Waals surface area (Å²) in [6, 6.07) is 17.8. The standard InChI is InChI=1S/C26H26N4O3/c1-16-11-19(20-5-3-4-6-22(20)28-16)15-30-10-9-17-12-18(7-8-24(17)30)25(31)29-23-14-27-13-21(23)26(32)33-2/h3-12,21,23,27H,13-15H2,1-2H3,(H,29,31). The first-order chi connectivity index (χ1) is 16.0. The first kappa shape index (κ1) is 21.2. The van der Waals surface area contributed by atoms with E-state index in [1.165, 1.54) is 12.7 Å². The monoisotopic (exact) mass is 442 g/mol. The lowest BCUT2D eigenvalue weighted by Gasteiger charge is -2.18. The molecule has 33 heavy (non-hydrogen) atoms. The van der Waals surface area contributed by atoms with Crippen LogP contribution in [0.3, 0.4) is 0 Å². The van der Waals surface area contributed by atoms with E-state index in [-0.39, 0.29) is 23.8 Å². The van der Waals surface area contributed by atoms with Gasteiger partial charge < -0.3 is 19.9 Å². The van der Waals surface area contributed by atoms with Gasteiger partial charge in [0.15, 0.2) is 0 Å². The highest BCUT2D eigenvalue weighted by atomic mass is 16.5. The van der Waals surface area contributed by atoms with Crippen LogP contribution in [-0.4, -0.2) is 47.7 Å². The molecular weight excluding hydrogens is 416 g/mol. The molecule has 1 aliphatic heterocycles. The summed E-state index contributed by atoms with van der Waals surface area (Å²) in [6.07, 6.45) is 2.05. The smallest absolute Gasteiger partial charge is 0.312 e. The van der Waals surface area contributed by atoms with Gasteiger partial charge in [-0.25, -0.2) is 0 Å². The molecule has 2 unspecified atom stereocenters. The molecule has 0 bridgehead atoms. The predicted molar refractivity (Wildman–Crippen MR) is 127 cm³/mol. The van der Waals surface area contributed by atoms with Crippen molar-refractivity contribution in [1.82, 2.24) is 20.2 Å². The second-order valence-electron chi connectivity index (χ2n) is 8.52. The summed E-state index contributed by atoms with van der Waals surface area (Å²) in [5, 5.41) is 8.26. The number of hydrogen-bond acceptors (Lipinski definition) is 5. The number of amides is 1. The van der Waals surface area contributed by atoms with E-state index in [1.807, 2.05) is 55.6 Å². The molecule has 1 fully saturated rings. The Hall–Kier alpha value is -3.71. The lowest BCUT2D eigenvalue weighted by atomic mass is 10.0. The van der Waals surface area contributed by atoms with Gasteiger partial charge in [0, 0.05) is 53.4 Å². The molecule has 0 aliphatic carbocycles. The van der Waals surface area contributed by atoms with Gasteiger partial charge in [-0.15, -0.1) is 0 Å². The third-order valence-corrected chi connectivity index (χ3v) is 6.34. The molecule has 1 amide bonds. The summed E-state index contributed by atoms with van der Waals surface area (Å²) in [4.78, 5) is 29.5. The van der Waals surface area contributed by atoms with E-state index in [0.29, 0.717) is 25.2 Å². The van der Waals surface area contributed by atoms with Crippen molar-refractivity contribution in [3.63, 3.8) is 0 Å². The number of esters is 1. The molecule has 2 aromatic carbocycles. The number of aryl methyl sites for hydroxylation is 1. The minimum Gasteiger partial charge on any atom is -0.469 e. The third-order valence-electron chi connectivity index (χ3n) is 6.34. The third kappa shape index (κ3) is 4.07. The zero-order valence-electron chi connectivity index (χ0n) is 18.7. The number of carbonyl (C=O) groups excluding carboxylic acids is 2. The number of rotatable bonds is 5. The van der Waals surface area contributed by atoms with E-state index >= 15 is 0 Å².